The van der Waals surface area contributed by atoms with Crippen molar-refractivity contribution >= 4 is 21.6 Å². The standard InChI is InChI=1S/C12H9BrFN/c13-11-6-3-9(7-12(11)15)8-1-4-10(14)5-2-8/h1-7H,15H2. The van der Waals surface area contributed by atoms with Gasteiger partial charge in [-0.3, -0.25) is 0 Å². The highest BCUT2D eigenvalue weighted by atomic mass is 79.9. The Kier molecular flexibility index (Phi) is 2.73. The SMILES string of the molecule is Nc1cc(-c2ccc(F)cc2)ccc1Br. The second kappa shape index (κ2) is 4.03. The monoisotopic (exact) mass is 265 g/mol. The molecule has 2 N–H and O–H groups in total. The van der Waals surface area contributed by atoms with Gasteiger partial charge in [0, 0.05) is 10.2 Å². The molecule has 0 aliphatic rings. The Bertz CT molecular complexity index is 479. The lowest BCUT2D eigenvalue weighted by Crippen LogP contribution is -1.87. The smallest absolute Gasteiger partial charge is 0.123 e. The molecule has 2 aromatic carbocycles. The first-order valence-electron chi connectivity index (χ1n) is 4.48. The minimum absolute atomic E-state index is 0.233. The van der Waals surface area contributed by atoms with Crippen LogP contribution >= 0.6 is 15.9 Å². The van der Waals surface area contributed by atoms with Crippen LogP contribution in [0, 0.1) is 5.82 Å². The van der Waals surface area contributed by atoms with Crippen LogP contribution in [0.3, 0.4) is 0 Å². The van der Waals surface area contributed by atoms with E-state index in [0.29, 0.717) is 5.69 Å². The predicted molar refractivity (Wildman–Crippen MR) is 63.9 cm³/mol. The van der Waals surface area contributed by atoms with Crippen molar-refractivity contribution in [2.45, 2.75) is 0 Å². The van der Waals surface area contributed by atoms with Crippen LogP contribution in [0.1, 0.15) is 0 Å². The zero-order chi connectivity index (χ0) is 10.8. The van der Waals surface area contributed by atoms with E-state index in [4.69, 9.17) is 5.73 Å². The molecule has 0 spiro atoms. The Hall–Kier alpha value is -1.35. The summed E-state index contributed by atoms with van der Waals surface area (Å²) in [4.78, 5) is 0. The van der Waals surface area contributed by atoms with E-state index in [1.54, 1.807) is 12.1 Å². The van der Waals surface area contributed by atoms with E-state index in [1.807, 2.05) is 18.2 Å². The summed E-state index contributed by atoms with van der Waals surface area (Å²) in [5.41, 5.74) is 8.38. The molecule has 0 aromatic heterocycles. The molecule has 0 bridgehead atoms. The van der Waals surface area contributed by atoms with Gasteiger partial charge in [0.05, 0.1) is 0 Å². The second-order valence-electron chi connectivity index (χ2n) is 3.24. The van der Waals surface area contributed by atoms with Crippen LogP contribution in [-0.4, -0.2) is 0 Å². The number of hydrogen-bond donors (Lipinski definition) is 1. The average molecular weight is 266 g/mol. The van der Waals surface area contributed by atoms with Crippen LogP contribution in [0.15, 0.2) is 46.9 Å². The molecule has 3 heteroatoms. The number of hydrogen-bond acceptors (Lipinski definition) is 1. The number of anilines is 1. The maximum atomic E-state index is 12.7. The molecule has 0 heterocycles. The summed E-state index contributed by atoms with van der Waals surface area (Å²) in [6.45, 7) is 0. The molecule has 2 rings (SSSR count). The first-order chi connectivity index (χ1) is 7.16. The van der Waals surface area contributed by atoms with Crippen molar-refractivity contribution in [3.05, 3.63) is 52.8 Å². The molecule has 0 atom stereocenters. The van der Waals surface area contributed by atoms with Gasteiger partial charge in [0.2, 0.25) is 0 Å². The first-order valence-corrected chi connectivity index (χ1v) is 5.27. The number of nitrogens with two attached hydrogens (primary N) is 1. The zero-order valence-electron chi connectivity index (χ0n) is 7.87. The minimum atomic E-state index is -0.233. The van der Waals surface area contributed by atoms with Gasteiger partial charge in [-0.1, -0.05) is 18.2 Å². The summed E-state index contributed by atoms with van der Waals surface area (Å²) < 4.78 is 13.6. The summed E-state index contributed by atoms with van der Waals surface area (Å²) in [6.07, 6.45) is 0. The van der Waals surface area contributed by atoms with Crippen LogP contribution in [0.25, 0.3) is 11.1 Å². The highest BCUT2D eigenvalue weighted by molar-refractivity contribution is 9.10. The predicted octanol–water partition coefficient (Wildman–Crippen LogP) is 3.84. The van der Waals surface area contributed by atoms with Crippen LogP contribution in [-0.2, 0) is 0 Å². The highest BCUT2D eigenvalue weighted by Crippen LogP contribution is 2.26. The summed E-state index contributed by atoms with van der Waals surface area (Å²) >= 11 is 3.33. The van der Waals surface area contributed by atoms with Gasteiger partial charge in [-0.25, -0.2) is 4.39 Å². The summed E-state index contributed by atoms with van der Waals surface area (Å²) in [6, 6.07) is 12.0. The lowest BCUT2D eigenvalue weighted by Gasteiger charge is -2.04. The van der Waals surface area contributed by atoms with Crippen molar-refractivity contribution in [3.8, 4) is 11.1 Å². The molecule has 0 radical (unpaired) electrons. The van der Waals surface area contributed by atoms with Crippen molar-refractivity contribution in [1.29, 1.82) is 0 Å². The number of rotatable bonds is 1. The number of nitrogen functional groups attached to an aromatic ring is 1. The van der Waals surface area contributed by atoms with Gasteiger partial charge in [-0.15, -0.1) is 0 Å². The second-order valence-corrected chi connectivity index (χ2v) is 4.10. The molecule has 0 aliphatic heterocycles. The molecule has 0 amide bonds. The summed E-state index contributed by atoms with van der Waals surface area (Å²) in [5.74, 6) is -0.233. The van der Waals surface area contributed by atoms with E-state index in [-0.39, 0.29) is 5.82 Å². The van der Waals surface area contributed by atoms with Crippen molar-refractivity contribution in [3.63, 3.8) is 0 Å². The maximum absolute atomic E-state index is 12.7. The third-order valence-electron chi connectivity index (χ3n) is 2.17. The lowest BCUT2D eigenvalue weighted by atomic mass is 10.1. The molecule has 0 aliphatic carbocycles. The molecule has 2 aromatic rings. The zero-order valence-corrected chi connectivity index (χ0v) is 9.46. The van der Waals surface area contributed by atoms with E-state index in [0.717, 1.165) is 15.6 Å². The number of halogens is 2. The van der Waals surface area contributed by atoms with Crippen LogP contribution < -0.4 is 5.73 Å². The molecular weight excluding hydrogens is 257 g/mol. The van der Waals surface area contributed by atoms with Crippen LogP contribution in [0.2, 0.25) is 0 Å². The Balaban J connectivity index is 2.45. The molecule has 0 saturated heterocycles. The van der Waals surface area contributed by atoms with Crippen molar-refractivity contribution < 1.29 is 4.39 Å². The first kappa shape index (κ1) is 10.2. The van der Waals surface area contributed by atoms with Crippen LogP contribution in [0.4, 0.5) is 10.1 Å². The van der Waals surface area contributed by atoms with E-state index in [9.17, 15) is 4.39 Å². The molecule has 0 fully saturated rings. The average Bonchev–Trinajstić information content (AvgIpc) is 2.23. The van der Waals surface area contributed by atoms with Gasteiger partial charge in [0.15, 0.2) is 0 Å². The third kappa shape index (κ3) is 2.18. The Morgan fingerprint density at radius 1 is 0.933 bits per heavy atom. The summed E-state index contributed by atoms with van der Waals surface area (Å²) in [5, 5.41) is 0. The maximum Gasteiger partial charge on any atom is 0.123 e. The van der Waals surface area contributed by atoms with Crippen molar-refractivity contribution in [1.82, 2.24) is 0 Å². The van der Waals surface area contributed by atoms with E-state index >= 15 is 0 Å². The summed E-state index contributed by atoms with van der Waals surface area (Å²) in [7, 11) is 0. The molecule has 15 heavy (non-hydrogen) atoms. The van der Waals surface area contributed by atoms with Crippen molar-refractivity contribution in [2.24, 2.45) is 0 Å². The fourth-order valence-electron chi connectivity index (χ4n) is 1.37. The third-order valence-corrected chi connectivity index (χ3v) is 2.90. The molecular formula is C12H9BrFN. The van der Waals surface area contributed by atoms with Gasteiger partial charge in [0.1, 0.15) is 5.82 Å². The largest absolute Gasteiger partial charge is 0.398 e. The topological polar surface area (TPSA) is 26.0 Å². The quantitative estimate of drug-likeness (QED) is 0.780. The van der Waals surface area contributed by atoms with Gasteiger partial charge in [0.25, 0.3) is 0 Å². The van der Waals surface area contributed by atoms with Gasteiger partial charge < -0.3 is 5.73 Å². The number of benzene rings is 2. The Labute approximate surface area is 95.9 Å². The fourth-order valence-corrected chi connectivity index (χ4v) is 1.61. The van der Waals surface area contributed by atoms with E-state index in [2.05, 4.69) is 15.9 Å². The molecule has 0 saturated carbocycles. The molecule has 76 valence electrons. The fraction of sp³-hybridized carbons (Fsp3) is 0. The van der Waals surface area contributed by atoms with Gasteiger partial charge in [-0.2, -0.15) is 0 Å². The van der Waals surface area contributed by atoms with Crippen molar-refractivity contribution in [2.75, 3.05) is 5.73 Å². The van der Waals surface area contributed by atoms with Crippen LogP contribution in [0.5, 0.6) is 0 Å². The Morgan fingerprint density at radius 2 is 1.53 bits per heavy atom. The molecule has 1 nitrogen and oxygen atoms in total. The normalized spacial score (nSPS) is 10.3. The van der Waals surface area contributed by atoms with Gasteiger partial charge in [-0.05, 0) is 51.3 Å². The molecule has 0 unspecified atom stereocenters. The van der Waals surface area contributed by atoms with E-state index in [1.165, 1.54) is 12.1 Å². The van der Waals surface area contributed by atoms with Gasteiger partial charge >= 0.3 is 0 Å². The highest BCUT2D eigenvalue weighted by Gasteiger charge is 2.00. The Morgan fingerprint density at radius 3 is 2.13 bits per heavy atom. The van der Waals surface area contributed by atoms with E-state index < -0.39 is 0 Å². The lowest BCUT2D eigenvalue weighted by molar-refractivity contribution is 0.628. The minimum Gasteiger partial charge on any atom is -0.398 e.